The van der Waals surface area contributed by atoms with Crippen molar-refractivity contribution in [3.8, 4) is 11.3 Å². The third-order valence-electron chi connectivity index (χ3n) is 4.29. The van der Waals surface area contributed by atoms with Crippen LogP contribution in [-0.2, 0) is 10.9 Å². The van der Waals surface area contributed by atoms with Crippen LogP contribution in [0.15, 0.2) is 30.3 Å². The Kier molecular flexibility index (Phi) is 6.12. The maximum atomic E-state index is 13.0. The normalized spacial score (nSPS) is 15.7. The van der Waals surface area contributed by atoms with Gasteiger partial charge in [-0.2, -0.15) is 13.2 Å². The maximum absolute atomic E-state index is 13.0. The van der Waals surface area contributed by atoms with Gasteiger partial charge in [0, 0.05) is 25.2 Å². The van der Waals surface area contributed by atoms with Crippen molar-refractivity contribution < 1.29 is 22.7 Å². The number of nitrogens with one attached hydrogen (secondary N) is 2. The molecule has 0 spiro atoms. The third kappa shape index (κ3) is 5.08. The highest BCUT2D eigenvalue weighted by atomic mass is 19.4. The summed E-state index contributed by atoms with van der Waals surface area (Å²) >= 11 is 0. The quantitative estimate of drug-likeness (QED) is 0.754. The number of aromatic nitrogens is 2. The zero-order valence-electron chi connectivity index (χ0n) is 14.7. The topological polar surface area (TPSA) is 70.2 Å². The molecule has 0 unspecified atom stereocenters. The van der Waals surface area contributed by atoms with E-state index in [9.17, 15) is 18.0 Å². The van der Waals surface area contributed by atoms with E-state index in [2.05, 4.69) is 20.2 Å². The molecule has 2 heterocycles. The highest BCUT2D eigenvalue weighted by Crippen LogP contribution is 2.31. The first-order chi connectivity index (χ1) is 12.9. The van der Waals surface area contributed by atoms with Gasteiger partial charge >= 0.3 is 6.18 Å². The van der Waals surface area contributed by atoms with Crippen molar-refractivity contribution >= 4 is 5.91 Å². The monoisotopic (exact) mass is 382 g/mol. The fourth-order valence-corrected chi connectivity index (χ4v) is 2.89. The molecule has 0 aliphatic carbocycles. The van der Waals surface area contributed by atoms with Crippen molar-refractivity contribution in [1.82, 2.24) is 20.2 Å². The number of H-pyrrole nitrogens is 1. The van der Waals surface area contributed by atoms with E-state index in [-0.39, 0.29) is 11.4 Å². The average molecular weight is 382 g/mol. The number of ether oxygens (including phenoxy) is 1. The van der Waals surface area contributed by atoms with E-state index in [1.165, 1.54) is 0 Å². The van der Waals surface area contributed by atoms with Gasteiger partial charge in [-0.25, -0.2) is 4.98 Å². The van der Waals surface area contributed by atoms with Gasteiger partial charge in [0.15, 0.2) is 0 Å². The molecule has 1 aromatic heterocycles. The summed E-state index contributed by atoms with van der Waals surface area (Å²) in [6.07, 6.45) is -3.95. The average Bonchev–Trinajstić information content (AvgIpc) is 3.13. The van der Waals surface area contributed by atoms with Crippen LogP contribution in [0.3, 0.4) is 0 Å². The fourth-order valence-electron chi connectivity index (χ4n) is 2.89. The van der Waals surface area contributed by atoms with Gasteiger partial charge in [-0.1, -0.05) is 30.3 Å². The summed E-state index contributed by atoms with van der Waals surface area (Å²) in [6, 6.07) is 8.34. The van der Waals surface area contributed by atoms with E-state index in [4.69, 9.17) is 4.74 Å². The van der Waals surface area contributed by atoms with Gasteiger partial charge in [-0.05, 0) is 13.0 Å². The van der Waals surface area contributed by atoms with Crippen molar-refractivity contribution in [3.63, 3.8) is 0 Å². The number of carbonyl (C=O) groups is 1. The molecular formula is C18H21F3N4O2. The number of aromatic amines is 1. The minimum Gasteiger partial charge on any atom is -0.379 e. The fraction of sp³-hybridized carbons (Fsp3) is 0.444. The first-order valence-electron chi connectivity index (χ1n) is 8.76. The lowest BCUT2D eigenvalue weighted by Crippen LogP contribution is -2.38. The number of alkyl halides is 3. The molecule has 1 saturated heterocycles. The number of benzene rings is 1. The second-order valence-corrected chi connectivity index (χ2v) is 6.24. The van der Waals surface area contributed by atoms with Crippen LogP contribution < -0.4 is 5.32 Å². The molecule has 0 atom stereocenters. The predicted octanol–water partition coefficient (Wildman–Crippen LogP) is 2.55. The van der Waals surface area contributed by atoms with Gasteiger partial charge in [0.25, 0.3) is 5.91 Å². The molecule has 1 aliphatic heterocycles. The van der Waals surface area contributed by atoms with Crippen molar-refractivity contribution in [2.45, 2.75) is 12.6 Å². The molecule has 146 valence electrons. The Morgan fingerprint density at radius 1 is 1.22 bits per heavy atom. The second kappa shape index (κ2) is 8.53. The van der Waals surface area contributed by atoms with Gasteiger partial charge in [-0.15, -0.1) is 0 Å². The lowest BCUT2D eigenvalue weighted by molar-refractivity contribution is -0.144. The largest absolute Gasteiger partial charge is 0.449 e. The molecule has 2 aromatic rings. The Hall–Kier alpha value is -2.39. The van der Waals surface area contributed by atoms with Crippen molar-refractivity contribution in [2.75, 3.05) is 39.4 Å². The molecule has 9 heteroatoms. The first-order valence-corrected chi connectivity index (χ1v) is 8.76. The van der Waals surface area contributed by atoms with Crippen LogP contribution in [0.25, 0.3) is 11.3 Å². The van der Waals surface area contributed by atoms with Gasteiger partial charge in [0.05, 0.1) is 13.2 Å². The third-order valence-corrected chi connectivity index (χ3v) is 4.29. The molecule has 1 fully saturated rings. The molecule has 1 aliphatic rings. The summed E-state index contributed by atoms with van der Waals surface area (Å²) in [5.74, 6) is -1.78. The number of halogens is 3. The number of rotatable bonds is 6. The summed E-state index contributed by atoms with van der Waals surface area (Å²) in [4.78, 5) is 20.4. The van der Waals surface area contributed by atoms with Gasteiger partial charge in [0.2, 0.25) is 5.82 Å². The summed E-state index contributed by atoms with van der Waals surface area (Å²) in [5, 5.41) is 2.68. The van der Waals surface area contributed by atoms with E-state index >= 15 is 0 Å². The van der Waals surface area contributed by atoms with Crippen LogP contribution >= 0.6 is 0 Å². The van der Waals surface area contributed by atoms with Crippen LogP contribution in [0.5, 0.6) is 0 Å². The molecule has 1 amide bonds. The molecule has 2 N–H and O–H groups in total. The highest BCUT2D eigenvalue weighted by Gasteiger charge is 2.37. The summed E-state index contributed by atoms with van der Waals surface area (Å²) in [5.41, 5.74) is 0.260. The number of amides is 1. The predicted molar refractivity (Wildman–Crippen MR) is 93.2 cm³/mol. The minimum absolute atomic E-state index is 0.00592. The Labute approximate surface area is 154 Å². The van der Waals surface area contributed by atoms with E-state index in [0.717, 1.165) is 19.6 Å². The lowest BCUT2D eigenvalue weighted by atomic mass is 10.1. The Morgan fingerprint density at radius 2 is 1.93 bits per heavy atom. The number of nitrogens with zero attached hydrogens (tertiary/aromatic N) is 2. The SMILES string of the molecule is O=C(NCCCN1CCOCC1)c1[nH]c(C(F)(F)F)nc1-c1ccccc1. The first kappa shape index (κ1) is 19.4. The highest BCUT2D eigenvalue weighted by molar-refractivity contribution is 5.98. The molecule has 27 heavy (non-hydrogen) atoms. The minimum atomic E-state index is -4.65. The number of hydrogen-bond acceptors (Lipinski definition) is 4. The second-order valence-electron chi connectivity index (χ2n) is 6.24. The van der Waals surface area contributed by atoms with Crippen LogP contribution in [0.1, 0.15) is 22.7 Å². The van der Waals surface area contributed by atoms with E-state index < -0.39 is 17.9 Å². The van der Waals surface area contributed by atoms with Gasteiger partial charge in [-0.3, -0.25) is 9.69 Å². The van der Waals surface area contributed by atoms with Crippen molar-refractivity contribution in [3.05, 3.63) is 41.9 Å². The van der Waals surface area contributed by atoms with E-state index in [1.807, 2.05) is 0 Å². The molecule has 1 aromatic carbocycles. The lowest BCUT2D eigenvalue weighted by Gasteiger charge is -2.26. The smallest absolute Gasteiger partial charge is 0.379 e. The number of carbonyl (C=O) groups excluding carboxylic acids is 1. The summed E-state index contributed by atoms with van der Waals surface area (Å²) in [7, 11) is 0. The van der Waals surface area contributed by atoms with Crippen molar-refractivity contribution in [2.24, 2.45) is 0 Å². The molecule has 0 bridgehead atoms. The van der Waals surface area contributed by atoms with Gasteiger partial charge in [0.1, 0.15) is 11.4 Å². The number of imidazole rings is 1. The Balaban J connectivity index is 1.66. The van der Waals surface area contributed by atoms with E-state index in [1.54, 1.807) is 30.3 Å². The number of hydrogen-bond donors (Lipinski definition) is 2. The van der Waals surface area contributed by atoms with Crippen molar-refractivity contribution in [1.29, 1.82) is 0 Å². The van der Waals surface area contributed by atoms with Crippen LogP contribution in [-0.4, -0.2) is 60.2 Å². The van der Waals surface area contributed by atoms with Crippen LogP contribution in [0.2, 0.25) is 0 Å². The molecule has 0 radical (unpaired) electrons. The molecule has 6 nitrogen and oxygen atoms in total. The maximum Gasteiger partial charge on any atom is 0.449 e. The molecule has 3 rings (SSSR count). The molecular weight excluding hydrogens is 361 g/mol. The zero-order valence-corrected chi connectivity index (χ0v) is 14.7. The summed E-state index contributed by atoms with van der Waals surface area (Å²) < 4.78 is 44.4. The van der Waals surface area contributed by atoms with Gasteiger partial charge < -0.3 is 15.0 Å². The Morgan fingerprint density at radius 3 is 2.59 bits per heavy atom. The Bertz CT molecular complexity index is 756. The summed E-state index contributed by atoms with van der Waals surface area (Å²) in [6.45, 7) is 4.25. The molecule has 0 saturated carbocycles. The zero-order chi connectivity index (χ0) is 19.3. The number of morpholine rings is 1. The standard InChI is InChI=1S/C18H21F3N4O2/c19-18(20,21)17-23-14(13-5-2-1-3-6-13)15(24-17)16(26)22-7-4-8-25-9-11-27-12-10-25/h1-3,5-6H,4,7-12H2,(H,22,26)(H,23,24). The van der Waals surface area contributed by atoms with Crippen LogP contribution in [0, 0.1) is 0 Å². The van der Waals surface area contributed by atoms with Crippen LogP contribution in [0.4, 0.5) is 13.2 Å². The van der Waals surface area contributed by atoms with E-state index in [0.29, 0.717) is 31.7 Å².